The lowest BCUT2D eigenvalue weighted by atomic mass is 9.92. The van der Waals surface area contributed by atoms with Crippen molar-refractivity contribution in [3.05, 3.63) is 0 Å². The SMILES string of the molecule is CC(C)(C)NS(=O)(=O)NCC1(N)CCCCCC1. The summed E-state index contributed by atoms with van der Waals surface area (Å²) in [5.74, 6) is 0. The van der Waals surface area contributed by atoms with Crippen molar-refractivity contribution in [1.82, 2.24) is 9.44 Å². The van der Waals surface area contributed by atoms with Gasteiger partial charge in [-0.1, -0.05) is 25.7 Å². The van der Waals surface area contributed by atoms with Crippen molar-refractivity contribution < 1.29 is 8.42 Å². The van der Waals surface area contributed by atoms with E-state index < -0.39 is 15.7 Å². The molecule has 18 heavy (non-hydrogen) atoms. The Morgan fingerprint density at radius 1 is 1.11 bits per heavy atom. The summed E-state index contributed by atoms with van der Waals surface area (Å²) in [6, 6.07) is 0. The Morgan fingerprint density at radius 2 is 1.61 bits per heavy atom. The second-order valence-electron chi connectivity index (χ2n) is 6.45. The highest BCUT2D eigenvalue weighted by Gasteiger charge is 2.29. The first kappa shape index (κ1) is 15.9. The number of hydrogen-bond donors (Lipinski definition) is 3. The summed E-state index contributed by atoms with van der Waals surface area (Å²) in [5, 5.41) is 0. The maximum atomic E-state index is 11.8. The Kier molecular flexibility index (Phi) is 5.17. The molecule has 0 atom stereocenters. The fraction of sp³-hybridized carbons (Fsp3) is 1.00. The maximum Gasteiger partial charge on any atom is 0.277 e. The average Bonchev–Trinajstić information content (AvgIpc) is 2.38. The summed E-state index contributed by atoms with van der Waals surface area (Å²) in [7, 11) is -3.47. The maximum absolute atomic E-state index is 11.8. The lowest BCUT2D eigenvalue weighted by Crippen LogP contribution is -2.54. The summed E-state index contributed by atoms with van der Waals surface area (Å²) in [6.45, 7) is 5.76. The first-order valence-corrected chi connectivity index (χ1v) is 8.18. The van der Waals surface area contributed by atoms with Crippen LogP contribution in [0, 0.1) is 0 Å². The fourth-order valence-electron chi connectivity index (χ4n) is 2.29. The van der Waals surface area contributed by atoms with Crippen molar-refractivity contribution >= 4 is 10.2 Å². The van der Waals surface area contributed by atoms with Gasteiger partial charge >= 0.3 is 0 Å². The molecule has 0 amide bonds. The van der Waals surface area contributed by atoms with Gasteiger partial charge in [-0.3, -0.25) is 0 Å². The molecule has 5 nitrogen and oxygen atoms in total. The molecule has 1 aliphatic rings. The van der Waals surface area contributed by atoms with Crippen LogP contribution in [0.25, 0.3) is 0 Å². The highest BCUT2D eigenvalue weighted by Crippen LogP contribution is 2.24. The second-order valence-corrected chi connectivity index (χ2v) is 7.95. The van der Waals surface area contributed by atoms with E-state index in [1.807, 2.05) is 20.8 Å². The van der Waals surface area contributed by atoms with Gasteiger partial charge in [-0.2, -0.15) is 13.1 Å². The standard InChI is InChI=1S/C12H27N3O2S/c1-11(2,3)15-18(16,17)14-10-12(13)8-6-4-5-7-9-12/h14-15H,4-10,13H2,1-3H3. The van der Waals surface area contributed by atoms with Crippen LogP contribution in [0.5, 0.6) is 0 Å². The molecule has 0 spiro atoms. The molecule has 0 radical (unpaired) electrons. The van der Waals surface area contributed by atoms with E-state index in [1.54, 1.807) is 0 Å². The molecule has 0 heterocycles. The quantitative estimate of drug-likeness (QED) is 0.676. The van der Waals surface area contributed by atoms with E-state index >= 15 is 0 Å². The van der Waals surface area contributed by atoms with Crippen molar-refractivity contribution in [3.63, 3.8) is 0 Å². The van der Waals surface area contributed by atoms with Gasteiger partial charge in [-0.25, -0.2) is 4.72 Å². The third-order valence-corrected chi connectivity index (χ3v) is 4.56. The number of nitrogens with two attached hydrogens (primary N) is 1. The van der Waals surface area contributed by atoms with Gasteiger partial charge in [-0.05, 0) is 33.6 Å². The molecule has 6 heteroatoms. The molecule has 0 aromatic rings. The summed E-state index contributed by atoms with van der Waals surface area (Å²) in [5.41, 5.74) is 5.41. The van der Waals surface area contributed by atoms with Gasteiger partial charge < -0.3 is 5.73 Å². The van der Waals surface area contributed by atoms with Crippen LogP contribution < -0.4 is 15.2 Å². The molecular weight excluding hydrogens is 250 g/mol. The zero-order valence-corrected chi connectivity index (χ0v) is 12.6. The Balaban J connectivity index is 2.52. The van der Waals surface area contributed by atoms with Crippen molar-refractivity contribution in [2.45, 2.75) is 70.4 Å². The monoisotopic (exact) mass is 277 g/mol. The molecule has 0 aliphatic heterocycles. The molecule has 0 aromatic heterocycles. The molecule has 0 unspecified atom stereocenters. The second kappa shape index (κ2) is 5.86. The Bertz CT molecular complexity index is 352. The summed E-state index contributed by atoms with van der Waals surface area (Å²) < 4.78 is 28.8. The van der Waals surface area contributed by atoms with Crippen LogP contribution in [0.1, 0.15) is 59.3 Å². The van der Waals surface area contributed by atoms with Gasteiger partial charge in [0.05, 0.1) is 0 Å². The third kappa shape index (κ3) is 6.13. The topological polar surface area (TPSA) is 84.2 Å². The highest BCUT2D eigenvalue weighted by molar-refractivity contribution is 7.87. The molecule has 0 bridgehead atoms. The van der Waals surface area contributed by atoms with Crippen LogP contribution in [0.4, 0.5) is 0 Å². The zero-order chi connectivity index (χ0) is 13.9. The number of hydrogen-bond acceptors (Lipinski definition) is 3. The minimum atomic E-state index is -3.47. The van der Waals surface area contributed by atoms with Gasteiger partial charge in [0.25, 0.3) is 10.2 Å². The van der Waals surface area contributed by atoms with E-state index in [0.717, 1.165) is 25.7 Å². The molecule has 0 aromatic carbocycles. The normalized spacial score (nSPS) is 21.6. The van der Waals surface area contributed by atoms with Gasteiger partial charge in [0.15, 0.2) is 0 Å². The van der Waals surface area contributed by atoms with Crippen LogP contribution in [0.2, 0.25) is 0 Å². The molecule has 1 fully saturated rings. The smallest absolute Gasteiger partial charge is 0.277 e. The van der Waals surface area contributed by atoms with Crippen molar-refractivity contribution in [2.75, 3.05) is 6.54 Å². The fourth-order valence-corrected chi connectivity index (χ4v) is 3.64. The van der Waals surface area contributed by atoms with Crippen LogP contribution >= 0.6 is 0 Å². The van der Waals surface area contributed by atoms with Crippen molar-refractivity contribution in [2.24, 2.45) is 5.73 Å². The first-order chi connectivity index (χ1) is 8.12. The lowest BCUT2D eigenvalue weighted by Gasteiger charge is -2.29. The van der Waals surface area contributed by atoms with Gasteiger partial charge in [-0.15, -0.1) is 0 Å². The van der Waals surface area contributed by atoms with Gasteiger partial charge in [0, 0.05) is 17.6 Å². The van der Waals surface area contributed by atoms with E-state index in [-0.39, 0.29) is 5.54 Å². The third-order valence-electron chi connectivity index (χ3n) is 3.15. The van der Waals surface area contributed by atoms with E-state index in [2.05, 4.69) is 9.44 Å². The predicted octanol–water partition coefficient (Wildman–Crippen LogP) is 1.26. The van der Waals surface area contributed by atoms with Gasteiger partial charge in [0.1, 0.15) is 0 Å². The summed E-state index contributed by atoms with van der Waals surface area (Å²) in [4.78, 5) is 0. The Morgan fingerprint density at radius 3 is 2.06 bits per heavy atom. The largest absolute Gasteiger partial charge is 0.324 e. The minimum Gasteiger partial charge on any atom is -0.324 e. The van der Waals surface area contributed by atoms with E-state index in [0.29, 0.717) is 6.54 Å². The van der Waals surface area contributed by atoms with Crippen LogP contribution in [-0.2, 0) is 10.2 Å². The molecule has 1 saturated carbocycles. The van der Waals surface area contributed by atoms with E-state index in [4.69, 9.17) is 5.73 Å². The van der Waals surface area contributed by atoms with Crippen LogP contribution in [-0.4, -0.2) is 26.0 Å². The summed E-state index contributed by atoms with van der Waals surface area (Å²) in [6.07, 6.45) is 6.36. The van der Waals surface area contributed by atoms with Crippen LogP contribution in [0.15, 0.2) is 0 Å². The average molecular weight is 277 g/mol. The molecule has 0 saturated heterocycles. The van der Waals surface area contributed by atoms with E-state index in [1.165, 1.54) is 12.8 Å². The molecule has 108 valence electrons. The Labute approximate surface area is 111 Å². The lowest BCUT2D eigenvalue weighted by molar-refractivity contribution is 0.366. The summed E-state index contributed by atoms with van der Waals surface area (Å²) >= 11 is 0. The predicted molar refractivity (Wildman–Crippen MR) is 74.4 cm³/mol. The molecule has 1 aliphatic carbocycles. The first-order valence-electron chi connectivity index (χ1n) is 6.69. The zero-order valence-electron chi connectivity index (χ0n) is 11.8. The highest BCUT2D eigenvalue weighted by atomic mass is 32.2. The van der Waals surface area contributed by atoms with Crippen molar-refractivity contribution in [3.8, 4) is 0 Å². The number of nitrogens with one attached hydrogen (secondary N) is 2. The van der Waals surface area contributed by atoms with Crippen LogP contribution in [0.3, 0.4) is 0 Å². The molecule has 1 rings (SSSR count). The van der Waals surface area contributed by atoms with E-state index in [9.17, 15) is 8.42 Å². The molecule has 4 N–H and O–H groups in total. The Hall–Kier alpha value is -0.170. The molecular formula is C12H27N3O2S. The van der Waals surface area contributed by atoms with Crippen molar-refractivity contribution in [1.29, 1.82) is 0 Å². The van der Waals surface area contributed by atoms with Gasteiger partial charge in [0.2, 0.25) is 0 Å². The minimum absolute atomic E-state index is 0.318. The number of rotatable bonds is 4.